The molecule has 0 atom stereocenters. The van der Waals surface area contributed by atoms with E-state index in [4.69, 9.17) is 4.74 Å². The molecule has 1 aliphatic rings. The smallest absolute Gasteiger partial charge is 0.126 e. The molecule has 0 aromatic heterocycles. The highest BCUT2D eigenvalue weighted by molar-refractivity contribution is 5.28. The molecule has 110 valence electrons. The maximum Gasteiger partial charge on any atom is 0.126 e. The third-order valence-electron chi connectivity index (χ3n) is 3.71. The molecular weight excluding hydrogens is 265 g/mol. The fraction of sp³-hybridized carbons (Fsp3) is 0.333. The van der Waals surface area contributed by atoms with Gasteiger partial charge in [-0.2, -0.15) is 0 Å². The van der Waals surface area contributed by atoms with Crippen LogP contribution in [0, 0.1) is 5.82 Å². The van der Waals surface area contributed by atoms with Crippen molar-refractivity contribution in [2.24, 2.45) is 0 Å². The van der Waals surface area contributed by atoms with Crippen LogP contribution < -0.4 is 10.1 Å². The first-order chi connectivity index (χ1) is 10.3. The number of hydrogen-bond acceptors (Lipinski definition) is 2. The van der Waals surface area contributed by atoms with Gasteiger partial charge in [-0.1, -0.05) is 30.3 Å². The van der Waals surface area contributed by atoms with Crippen molar-refractivity contribution in [2.75, 3.05) is 6.54 Å². The van der Waals surface area contributed by atoms with Crippen LogP contribution in [0.25, 0.3) is 0 Å². The first kappa shape index (κ1) is 14.1. The van der Waals surface area contributed by atoms with Crippen molar-refractivity contribution in [1.82, 2.24) is 5.32 Å². The summed E-state index contributed by atoms with van der Waals surface area (Å²) in [5.74, 6) is 0.301. The number of ether oxygens (including phenoxy) is 1. The topological polar surface area (TPSA) is 21.3 Å². The zero-order chi connectivity index (χ0) is 14.5. The normalized spacial score (nSPS) is 14.1. The third-order valence-corrected chi connectivity index (χ3v) is 3.71. The summed E-state index contributed by atoms with van der Waals surface area (Å²) in [7, 11) is 0. The SMILES string of the molecule is Fc1cccc(OCc2ccccc2CCNC2CC2)c1. The summed E-state index contributed by atoms with van der Waals surface area (Å²) in [5.41, 5.74) is 2.46. The zero-order valence-corrected chi connectivity index (χ0v) is 12.0. The van der Waals surface area contributed by atoms with Crippen molar-refractivity contribution in [3.63, 3.8) is 0 Å². The standard InChI is InChI=1S/C18H20FNO/c19-16-6-3-7-18(12-16)21-13-15-5-2-1-4-14(15)10-11-20-17-8-9-17/h1-7,12,17,20H,8-11,13H2. The average molecular weight is 285 g/mol. The molecule has 0 unspecified atom stereocenters. The summed E-state index contributed by atoms with van der Waals surface area (Å²) in [4.78, 5) is 0. The van der Waals surface area contributed by atoms with Gasteiger partial charge in [0.25, 0.3) is 0 Å². The Morgan fingerprint density at radius 3 is 2.62 bits per heavy atom. The van der Waals surface area contributed by atoms with Gasteiger partial charge in [0.15, 0.2) is 0 Å². The lowest BCUT2D eigenvalue weighted by Crippen LogP contribution is -2.19. The van der Waals surface area contributed by atoms with Gasteiger partial charge in [0, 0.05) is 12.1 Å². The van der Waals surface area contributed by atoms with Crippen LogP contribution in [0.5, 0.6) is 5.75 Å². The highest BCUT2D eigenvalue weighted by Crippen LogP contribution is 2.19. The van der Waals surface area contributed by atoms with Gasteiger partial charge in [0.2, 0.25) is 0 Å². The average Bonchev–Trinajstić information content (AvgIpc) is 3.31. The van der Waals surface area contributed by atoms with Crippen molar-refractivity contribution in [1.29, 1.82) is 0 Å². The molecule has 0 radical (unpaired) electrons. The number of rotatable bonds is 7. The van der Waals surface area contributed by atoms with Gasteiger partial charge in [0.05, 0.1) is 0 Å². The highest BCUT2D eigenvalue weighted by Gasteiger charge is 2.19. The van der Waals surface area contributed by atoms with E-state index < -0.39 is 0 Å². The lowest BCUT2D eigenvalue weighted by Gasteiger charge is -2.11. The van der Waals surface area contributed by atoms with Gasteiger partial charge in [0.1, 0.15) is 18.2 Å². The van der Waals surface area contributed by atoms with E-state index in [0.717, 1.165) is 19.0 Å². The lowest BCUT2D eigenvalue weighted by molar-refractivity contribution is 0.303. The molecule has 3 heteroatoms. The maximum absolute atomic E-state index is 13.1. The number of benzene rings is 2. The van der Waals surface area contributed by atoms with Crippen LogP contribution in [0.4, 0.5) is 4.39 Å². The minimum absolute atomic E-state index is 0.269. The Morgan fingerprint density at radius 2 is 1.86 bits per heavy atom. The predicted octanol–water partition coefficient (Wildman–Crippen LogP) is 3.70. The summed E-state index contributed by atoms with van der Waals surface area (Å²) in [6, 6.07) is 15.3. The fourth-order valence-corrected chi connectivity index (χ4v) is 2.36. The van der Waals surface area contributed by atoms with E-state index in [1.165, 1.54) is 36.1 Å². The molecule has 0 saturated heterocycles. The van der Waals surface area contributed by atoms with Gasteiger partial charge in [-0.25, -0.2) is 4.39 Å². The molecule has 0 aliphatic heterocycles. The number of nitrogens with one attached hydrogen (secondary N) is 1. The van der Waals surface area contributed by atoms with E-state index in [1.54, 1.807) is 12.1 Å². The maximum atomic E-state index is 13.1. The molecule has 0 bridgehead atoms. The van der Waals surface area contributed by atoms with E-state index in [2.05, 4.69) is 23.5 Å². The number of halogens is 1. The van der Waals surface area contributed by atoms with Gasteiger partial charge >= 0.3 is 0 Å². The van der Waals surface area contributed by atoms with Crippen LogP contribution in [0.2, 0.25) is 0 Å². The van der Waals surface area contributed by atoms with E-state index in [0.29, 0.717) is 12.4 Å². The lowest BCUT2D eigenvalue weighted by atomic mass is 10.1. The molecule has 1 N–H and O–H groups in total. The molecule has 1 aliphatic carbocycles. The number of hydrogen-bond donors (Lipinski definition) is 1. The Labute approximate surface area is 125 Å². The van der Waals surface area contributed by atoms with Crippen molar-refractivity contribution >= 4 is 0 Å². The Morgan fingerprint density at radius 1 is 1.05 bits per heavy atom. The predicted molar refractivity (Wildman–Crippen MR) is 81.9 cm³/mol. The zero-order valence-electron chi connectivity index (χ0n) is 12.0. The summed E-state index contributed by atoms with van der Waals surface area (Å²) in [6.45, 7) is 1.48. The van der Waals surface area contributed by atoms with Crippen LogP contribution >= 0.6 is 0 Å². The second-order valence-electron chi connectivity index (χ2n) is 5.49. The Balaban J connectivity index is 1.58. The second kappa shape index (κ2) is 6.72. The van der Waals surface area contributed by atoms with Crippen LogP contribution in [-0.4, -0.2) is 12.6 Å². The Bertz CT molecular complexity index is 595. The van der Waals surface area contributed by atoms with Crippen LogP contribution in [0.15, 0.2) is 48.5 Å². The minimum Gasteiger partial charge on any atom is -0.489 e. The van der Waals surface area contributed by atoms with Gasteiger partial charge < -0.3 is 10.1 Å². The van der Waals surface area contributed by atoms with Crippen molar-refractivity contribution in [3.05, 3.63) is 65.5 Å². The third kappa shape index (κ3) is 4.30. The van der Waals surface area contributed by atoms with E-state index in [-0.39, 0.29) is 5.82 Å². The Kier molecular flexibility index (Phi) is 4.51. The molecule has 0 spiro atoms. The van der Waals surface area contributed by atoms with E-state index >= 15 is 0 Å². The molecule has 21 heavy (non-hydrogen) atoms. The van der Waals surface area contributed by atoms with Crippen molar-refractivity contribution in [2.45, 2.75) is 31.9 Å². The van der Waals surface area contributed by atoms with Crippen LogP contribution in [-0.2, 0) is 13.0 Å². The molecule has 1 fully saturated rings. The minimum atomic E-state index is -0.269. The van der Waals surface area contributed by atoms with Crippen LogP contribution in [0.1, 0.15) is 24.0 Å². The van der Waals surface area contributed by atoms with Gasteiger partial charge in [-0.15, -0.1) is 0 Å². The van der Waals surface area contributed by atoms with E-state index in [9.17, 15) is 4.39 Å². The molecule has 2 aromatic carbocycles. The van der Waals surface area contributed by atoms with E-state index in [1.807, 2.05) is 6.07 Å². The largest absolute Gasteiger partial charge is 0.489 e. The van der Waals surface area contributed by atoms with Gasteiger partial charge in [-0.3, -0.25) is 0 Å². The fourth-order valence-electron chi connectivity index (χ4n) is 2.36. The molecule has 3 rings (SSSR count). The van der Waals surface area contributed by atoms with Crippen molar-refractivity contribution < 1.29 is 9.13 Å². The first-order valence-corrected chi connectivity index (χ1v) is 7.50. The summed E-state index contributed by atoms with van der Waals surface area (Å²) in [6.07, 6.45) is 3.62. The second-order valence-corrected chi connectivity index (χ2v) is 5.49. The molecule has 0 heterocycles. The molecule has 2 nitrogen and oxygen atoms in total. The quantitative estimate of drug-likeness (QED) is 0.837. The van der Waals surface area contributed by atoms with Crippen molar-refractivity contribution in [3.8, 4) is 5.75 Å². The molecule has 1 saturated carbocycles. The van der Waals surface area contributed by atoms with Crippen LogP contribution in [0.3, 0.4) is 0 Å². The van der Waals surface area contributed by atoms with Gasteiger partial charge in [-0.05, 0) is 49.1 Å². The molecular formula is C18H20FNO. The first-order valence-electron chi connectivity index (χ1n) is 7.50. The summed E-state index contributed by atoms with van der Waals surface area (Å²) in [5, 5.41) is 3.52. The Hall–Kier alpha value is -1.87. The molecule has 0 amide bonds. The summed E-state index contributed by atoms with van der Waals surface area (Å²) >= 11 is 0. The molecule has 2 aromatic rings. The highest BCUT2D eigenvalue weighted by atomic mass is 19.1. The monoisotopic (exact) mass is 285 g/mol. The summed E-state index contributed by atoms with van der Waals surface area (Å²) < 4.78 is 18.8.